The van der Waals surface area contributed by atoms with Crippen molar-refractivity contribution in [1.29, 1.82) is 0 Å². The Morgan fingerprint density at radius 1 is 1.30 bits per heavy atom. The zero-order valence-electron chi connectivity index (χ0n) is 12.4. The Balaban J connectivity index is 1.43. The number of thioether (sulfide) groups is 1. The number of carbonyl (C=O) groups excluding carboxylic acids is 2. The number of benzene rings is 1. The van der Waals surface area contributed by atoms with Gasteiger partial charge in [-0.05, 0) is 12.1 Å². The summed E-state index contributed by atoms with van der Waals surface area (Å²) in [6.45, 7) is 1.97. The van der Waals surface area contributed by atoms with Crippen molar-refractivity contribution in [2.75, 3.05) is 38.7 Å². The van der Waals surface area contributed by atoms with Crippen LogP contribution in [0.4, 0.5) is 0 Å². The molecule has 2 aromatic rings. The summed E-state index contributed by atoms with van der Waals surface area (Å²) in [5.74, 6) is -0.432. The second kappa shape index (κ2) is 7.76. The highest BCUT2D eigenvalue weighted by Gasteiger charge is 2.18. The van der Waals surface area contributed by atoms with Crippen molar-refractivity contribution in [3.63, 3.8) is 0 Å². The van der Waals surface area contributed by atoms with E-state index in [9.17, 15) is 9.59 Å². The lowest BCUT2D eigenvalue weighted by Crippen LogP contribution is -2.42. The summed E-state index contributed by atoms with van der Waals surface area (Å²) in [6, 6.07) is 7.83. The van der Waals surface area contributed by atoms with E-state index in [2.05, 4.69) is 4.98 Å². The number of nitrogens with zero attached hydrogens (tertiary/aromatic N) is 2. The molecule has 0 N–H and O–H groups in total. The topological polar surface area (TPSA) is 68.7 Å². The zero-order valence-corrected chi connectivity index (χ0v) is 14.0. The molecule has 1 saturated heterocycles. The van der Waals surface area contributed by atoms with Gasteiger partial charge in [-0.25, -0.2) is 4.98 Å². The van der Waals surface area contributed by atoms with Crippen LogP contribution in [0.2, 0.25) is 0 Å². The standard InChI is InChI=1S/C15H16N2O4S2/c18-13(17-5-7-20-8-6-17)9-21-14(19)10-22-15-16-11-3-1-2-4-12(11)23-15/h1-4H,5-10H2. The summed E-state index contributed by atoms with van der Waals surface area (Å²) in [6.07, 6.45) is 0. The van der Waals surface area contributed by atoms with E-state index in [4.69, 9.17) is 9.47 Å². The lowest BCUT2D eigenvalue weighted by atomic mass is 10.3. The van der Waals surface area contributed by atoms with Crippen molar-refractivity contribution < 1.29 is 19.1 Å². The van der Waals surface area contributed by atoms with Gasteiger partial charge < -0.3 is 14.4 Å². The number of amides is 1. The van der Waals surface area contributed by atoms with Crippen molar-refractivity contribution in [2.24, 2.45) is 0 Å². The minimum Gasteiger partial charge on any atom is -0.455 e. The number of thiazole rings is 1. The molecule has 1 aromatic heterocycles. The third-order valence-corrected chi connectivity index (χ3v) is 5.46. The highest BCUT2D eigenvalue weighted by molar-refractivity contribution is 8.01. The third-order valence-electron chi connectivity index (χ3n) is 3.31. The number of hydrogen-bond acceptors (Lipinski definition) is 7. The summed E-state index contributed by atoms with van der Waals surface area (Å²) in [5, 5.41) is 0. The molecule has 0 bridgehead atoms. The summed E-state index contributed by atoms with van der Waals surface area (Å²) >= 11 is 2.87. The van der Waals surface area contributed by atoms with Crippen molar-refractivity contribution in [2.45, 2.75) is 4.34 Å². The Kier molecular flexibility index (Phi) is 5.47. The molecule has 8 heteroatoms. The van der Waals surface area contributed by atoms with E-state index in [-0.39, 0.29) is 18.3 Å². The molecule has 1 aliphatic rings. The molecule has 0 saturated carbocycles. The molecule has 23 heavy (non-hydrogen) atoms. The van der Waals surface area contributed by atoms with E-state index < -0.39 is 5.97 Å². The minimum atomic E-state index is -0.407. The van der Waals surface area contributed by atoms with Gasteiger partial charge in [-0.1, -0.05) is 23.9 Å². The van der Waals surface area contributed by atoms with Gasteiger partial charge in [-0.2, -0.15) is 0 Å². The van der Waals surface area contributed by atoms with Crippen LogP contribution in [0.15, 0.2) is 28.6 Å². The Bertz CT molecular complexity index is 665. The first kappa shape index (κ1) is 16.2. The maximum atomic E-state index is 11.9. The number of esters is 1. The average molecular weight is 352 g/mol. The number of morpholine rings is 1. The van der Waals surface area contributed by atoms with E-state index in [0.717, 1.165) is 14.6 Å². The van der Waals surface area contributed by atoms with Gasteiger partial charge in [0.15, 0.2) is 10.9 Å². The van der Waals surface area contributed by atoms with Crippen LogP contribution in [0.1, 0.15) is 0 Å². The molecule has 0 spiro atoms. The highest BCUT2D eigenvalue weighted by Crippen LogP contribution is 2.29. The number of ether oxygens (including phenoxy) is 2. The van der Waals surface area contributed by atoms with Gasteiger partial charge in [-0.15, -0.1) is 11.3 Å². The Morgan fingerprint density at radius 2 is 2.09 bits per heavy atom. The van der Waals surface area contributed by atoms with Crippen molar-refractivity contribution in [1.82, 2.24) is 9.88 Å². The van der Waals surface area contributed by atoms with E-state index in [1.54, 1.807) is 16.2 Å². The molecule has 1 aliphatic heterocycles. The molecule has 0 unspecified atom stereocenters. The molecule has 6 nitrogen and oxygen atoms in total. The molecule has 1 amide bonds. The first-order valence-corrected chi connectivity index (χ1v) is 9.02. The second-order valence-electron chi connectivity index (χ2n) is 4.89. The molecule has 3 rings (SSSR count). The summed E-state index contributed by atoms with van der Waals surface area (Å²) in [7, 11) is 0. The van der Waals surface area contributed by atoms with E-state index in [1.165, 1.54) is 11.8 Å². The number of aromatic nitrogens is 1. The van der Waals surface area contributed by atoms with Gasteiger partial charge in [0.2, 0.25) is 0 Å². The predicted octanol–water partition coefficient (Wildman–Crippen LogP) is 1.79. The molecular weight excluding hydrogens is 336 g/mol. The van der Waals surface area contributed by atoms with Crippen LogP contribution in [0.3, 0.4) is 0 Å². The normalized spacial score (nSPS) is 14.9. The first-order valence-electron chi connectivity index (χ1n) is 7.22. The SMILES string of the molecule is O=C(CSc1nc2ccccc2s1)OCC(=O)N1CCOCC1. The van der Waals surface area contributed by atoms with Gasteiger partial charge in [0.25, 0.3) is 5.91 Å². The van der Waals surface area contributed by atoms with Crippen molar-refractivity contribution in [3.8, 4) is 0 Å². The van der Waals surface area contributed by atoms with Crippen LogP contribution >= 0.6 is 23.1 Å². The minimum absolute atomic E-state index is 0.149. The largest absolute Gasteiger partial charge is 0.455 e. The van der Waals surface area contributed by atoms with Gasteiger partial charge in [-0.3, -0.25) is 9.59 Å². The summed E-state index contributed by atoms with van der Waals surface area (Å²) in [4.78, 5) is 29.7. The third kappa shape index (κ3) is 4.43. The fourth-order valence-corrected chi connectivity index (χ4v) is 3.99. The van der Waals surface area contributed by atoms with Crippen LogP contribution in [0.5, 0.6) is 0 Å². The summed E-state index contributed by atoms with van der Waals surface area (Å²) < 4.78 is 12.1. The van der Waals surface area contributed by atoms with Crippen LogP contribution in [-0.2, 0) is 19.1 Å². The van der Waals surface area contributed by atoms with E-state index >= 15 is 0 Å². The number of hydrogen-bond donors (Lipinski definition) is 0. The van der Waals surface area contributed by atoms with E-state index in [1.807, 2.05) is 24.3 Å². The zero-order chi connectivity index (χ0) is 16.1. The van der Waals surface area contributed by atoms with Crippen LogP contribution in [-0.4, -0.2) is 60.4 Å². The quantitative estimate of drug-likeness (QED) is 0.604. The van der Waals surface area contributed by atoms with Crippen LogP contribution in [0.25, 0.3) is 10.2 Å². The molecule has 2 heterocycles. The fraction of sp³-hybridized carbons (Fsp3) is 0.400. The fourth-order valence-electron chi connectivity index (χ4n) is 2.12. The molecular formula is C15H16N2O4S2. The lowest BCUT2D eigenvalue weighted by molar-refractivity contribution is -0.151. The van der Waals surface area contributed by atoms with Crippen LogP contribution in [0, 0.1) is 0 Å². The molecule has 1 fully saturated rings. The van der Waals surface area contributed by atoms with Gasteiger partial charge in [0.1, 0.15) is 0 Å². The number of para-hydroxylation sites is 1. The molecule has 1 aromatic carbocycles. The Labute approximate surface area is 141 Å². The second-order valence-corrected chi connectivity index (χ2v) is 7.14. The lowest BCUT2D eigenvalue weighted by Gasteiger charge is -2.26. The van der Waals surface area contributed by atoms with Crippen LogP contribution < -0.4 is 0 Å². The van der Waals surface area contributed by atoms with E-state index in [0.29, 0.717) is 26.3 Å². The molecule has 122 valence electrons. The number of rotatable bonds is 5. The smallest absolute Gasteiger partial charge is 0.316 e. The summed E-state index contributed by atoms with van der Waals surface area (Å²) in [5.41, 5.74) is 0.927. The maximum absolute atomic E-state index is 11.9. The Morgan fingerprint density at radius 3 is 2.87 bits per heavy atom. The van der Waals surface area contributed by atoms with Gasteiger partial charge in [0, 0.05) is 13.1 Å². The first-order chi connectivity index (χ1) is 11.2. The number of fused-ring (bicyclic) bond motifs is 1. The Hall–Kier alpha value is -1.64. The van der Waals surface area contributed by atoms with Gasteiger partial charge in [0.05, 0.1) is 29.2 Å². The average Bonchev–Trinajstić information content (AvgIpc) is 3.01. The predicted molar refractivity (Wildman–Crippen MR) is 88.7 cm³/mol. The molecule has 0 aliphatic carbocycles. The van der Waals surface area contributed by atoms with Gasteiger partial charge >= 0.3 is 5.97 Å². The molecule has 0 atom stereocenters. The molecule has 0 radical (unpaired) electrons. The van der Waals surface area contributed by atoms with Crippen molar-refractivity contribution in [3.05, 3.63) is 24.3 Å². The number of carbonyl (C=O) groups is 2. The highest BCUT2D eigenvalue weighted by atomic mass is 32.2. The maximum Gasteiger partial charge on any atom is 0.316 e. The van der Waals surface area contributed by atoms with Crippen molar-refractivity contribution >= 4 is 45.2 Å². The monoisotopic (exact) mass is 352 g/mol.